The zero-order chi connectivity index (χ0) is 8.85. The van der Waals surface area contributed by atoms with Crippen LogP contribution in [0.4, 0.5) is 0 Å². The monoisotopic (exact) mass is 154 g/mol. The summed E-state index contributed by atoms with van der Waals surface area (Å²) < 4.78 is 0. The van der Waals surface area contributed by atoms with Gasteiger partial charge in [0.05, 0.1) is 6.10 Å². The standard InChI is InChI=1S/C10H18O/c1-5-7-9(6-2)10(11)8(3)4/h8,10-11H,2,5,7H2,1,3-4H3/t10-/m1/s1. The molecular formula is C10H18O. The van der Waals surface area contributed by atoms with E-state index in [9.17, 15) is 5.11 Å². The van der Waals surface area contributed by atoms with E-state index in [1.54, 1.807) is 0 Å². The maximum absolute atomic E-state index is 9.58. The molecule has 0 aromatic carbocycles. The normalized spacial score (nSPS) is 12.8. The van der Waals surface area contributed by atoms with Gasteiger partial charge in [0.2, 0.25) is 0 Å². The summed E-state index contributed by atoms with van der Waals surface area (Å²) in [4.78, 5) is 0. The molecule has 0 aliphatic heterocycles. The van der Waals surface area contributed by atoms with Gasteiger partial charge in [0.25, 0.3) is 0 Å². The van der Waals surface area contributed by atoms with Crippen molar-refractivity contribution in [3.05, 3.63) is 17.9 Å². The third-order valence-electron chi connectivity index (χ3n) is 1.73. The molecule has 0 aromatic rings. The van der Waals surface area contributed by atoms with Crippen molar-refractivity contribution in [2.45, 2.75) is 39.7 Å². The molecule has 11 heavy (non-hydrogen) atoms. The first-order valence-electron chi connectivity index (χ1n) is 4.20. The van der Waals surface area contributed by atoms with Crippen LogP contribution in [0.1, 0.15) is 33.6 Å². The predicted molar refractivity (Wildman–Crippen MR) is 48.4 cm³/mol. The zero-order valence-electron chi connectivity index (χ0n) is 7.72. The van der Waals surface area contributed by atoms with E-state index in [4.69, 9.17) is 0 Å². The summed E-state index contributed by atoms with van der Waals surface area (Å²) in [6.45, 7) is 9.64. The average molecular weight is 154 g/mol. The van der Waals surface area contributed by atoms with E-state index < -0.39 is 0 Å². The van der Waals surface area contributed by atoms with Crippen LogP contribution in [0, 0.1) is 5.92 Å². The van der Waals surface area contributed by atoms with Gasteiger partial charge in [0, 0.05) is 0 Å². The van der Waals surface area contributed by atoms with E-state index in [1.165, 1.54) is 0 Å². The van der Waals surface area contributed by atoms with E-state index >= 15 is 0 Å². The Hall–Kier alpha value is -0.520. The molecular weight excluding hydrogens is 136 g/mol. The van der Waals surface area contributed by atoms with Crippen molar-refractivity contribution in [2.24, 2.45) is 5.92 Å². The van der Waals surface area contributed by atoms with E-state index in [0.29, 0.717) is 0 Å². The quantitative estimate of drug-likeness (QED) is 0.617. The molecule has 0 heterocycles. The largest absolute Gasteiger partial charge is 0.388 e. The van der Waals surface area contributed by atoms with Crippen LogP contribution in [-0.4, -0.2) is 11.2 Å². The zero-order valence-corrected chi connectivity index (χ0v) is 7.72. The molecule has 1 nitrogen and oxygen atoms in total. The summed E-state index contributed by atoms with van der Waals surface area (Å²) in [5, 5.41) is 9.58. The molecule has 0 aromatic heterocycles. The molecule has 1 atom stereocenters. The molecule has 1 N–H and O–H groups in total. The molecule has 0 unspecified atom stereocenters. The highest BCUT2D eigenvalue weighted by molar-refractivity contribution is 5.06. The fourth-order valence-corrected chi connectivity index (χ4v) is 1.01. The Balaban J connectivity index is 4.16. The van der Waals surface area contributed by atoms with Crippen molar-refractivity contribution in [2.75, 3.05) is 0 Å². The summed E-state index contributed by atoms with van der Waals surface area (Å²) in [7, 11) is 0. The van der Waals surface area contributed by atoms with Crippen molar-refractivity contribution >= 4 is 0 Å². The van der Waals surface area contributed by atoms with Gasteiger partial charge in [-0.05, 0) is 17.9 Å². The Morgan fingerprint density at radius 1 is 1.55 bits per heavy atom. The first-order chi connectivity index (χ1) is 5.13. The Morgan fingerprint density at radius 3 is 2.36 bits per heavy atom. The maximum Gasteiger partial charge on any atom is 0.0846 e. The fraction of sp³-hybridized carbons (Fsp3) is 0.700. The number of aliphatic hydroxyl groups excluding tert-OH is 1. The summed E-state index contributed by atoms with van der Waals surface area (Å²) in [6.07, 6.45) is 1.59. The van der Waals surface area contributed by atoms with Gasteiger partial charge in [-0.1, -0.05) is 33.8 Å². The minimum absolute atomic E-state index is 0.269. The molecule has 64 valence electrons. The predicted octanol–water partition coefficient (Wildman–Crippen LogP) is 2.51. The minimum Gasteiger partial charge on any atom is -0.388 e. The molecule has 0 radical (unpaired) electrons. The van der Waals surface area contributed by atoms with Crippen LogP contribution in [0.3, 0.4) is 0 Å². The summed E-state index contributed by atoms with van der Waals surface area (Å²) >= 11 is 0. The van der Waals surface area contributed by atoms with Gasteiger partial charge < -0.3 is 5.11 Å². The van der Waals surface area contributed by atoms with E-state index in [-0.39, 0.29) is 12.0 Å². The summed E-state index contributed by atoms with van der Waals surface area (Å²) in [5.74, 6) is 0.269. The van der Waals surface area contributed by atoms with Crippen molar-refractivity contribution in [3.63, 3.8) is 0 Å². The summed E-state index contributed by atoms with van der Waals surface area (Å²) in [6, 6.07) is 0. The lowest BCUT2D eigenvalue weighted by Crippen LogP contribution is -2.16. The fourth-order valence-electron chi connectivity index (χ4n) is 1.01. The molecule has 0 aliphatic carbocycles. The van der Waals surface area contributed by atoms with Gasteiger partial charge in [0.15, 0.2) is 0 Å². The second-order valence-corrected chi connectivity index (χ2v) is 3.14. The number of hydrogen-bond acceptors (Lipinski definition) is 1. The highest BCUT2D eigenvalue weighted by atomic mass is 16.3. The SMILES string of the molecule is C=C=C(CCC)[C@H](O)C(C)C. The van der Waals surface area contributed by atoms with Crippen molar-refractivity contribution < 1.29 is 5.11 Å². The average Bonchev–Trinajstić information content (AvgIpc) is 1.98. The topological polar surface area (TPSA) is 20.2 Å². The molecule has 0 saturated heterocycles. The van der Waals surface area contributed by atoms with Crippen LogP contribution in [0.2, 0.25) is 0 Å². The highest BCUT2D eigenvalue weighted by Gasteiger charge is 2.12. The van der Waals surface area contributed by atoms with Crippen molar-refractivity contribution in [1.82, 2.24) is 0 Å². The van der Waals surface area contributed by atoms with Crippen LogP contribution in [0.15, 0.2) is 17.9 Å². The van der Waals surface area contributed by atoms with Crippen LogP contribution in [-0.2, 0) is 0 Å². The van der Waals surface area contributed by atoms with Crippen LogP contribution in [0.5, 0.6) is 0 Å². The van der Waals surface area contributed by atoms with Gasteiger partial charge in [-0.25, -0.2) is 0 Å². The molecule has 0 amide bonds. The molecule has 0 rings (SSSR count). The second kappa shape index (κ2) is 5.17. The Morgan fingerprint density at radius 2 is 2.09 bits per heavy atom. The number of aliphatic hydroxyl groups is 1. The van der Waals surface area contributed by atoms with Crippen molar-refractivity contribution in [1.29, 1.82) is 0 Å². The van der Waals surface area contributed by atoms with E-state index in [1.807, 2.05) is 13.8 Å². The molecule has 0 saturated carbocycles. The van der Waals surface area contributed by atoms with E-state index in [0.717, 1.165) is 18.4 Å². The smallest absolute Gasteiger partial charge is 0.0846 e. The second-order valence-electron chi connectivity index (χ2n) is 3.14. The van der Waals surface area contributed by atoms with E-state index in [2.05, 4.69) is 19.2 Å². The Labute approximate surface area is 69.4 Å². The molecule has 0 bridgehead atoms. The number of hydrogen-bond donors (Lipinski definition) is 1. The minimum atomic E-state index is -0.354. The van der Waals surface area contributed by atoms with Crippen molar-refractivity contribution in [3.8, 4) is 0 Å². The Bertz CT molecular complexity index is 152. The summed E-state index contributed by atoms with van der Waals surface area (Å²) in [5.41, 5.74) is 3.75. The van der Waals surface area contributed by atoms with Gasteiger partial charge in [-0.3, -0.25) is 0 Å². The lowest BCUT2D eigenvalue weighted by molar-refractivity contribution is 0.156. The van der Waals surface area contributed by atoms with Gasteiger partial charge >= 0.3 is 0 Å². The first kappa shape index (κ1) is 10.5. The van der Waals surface area contributed by atoms with Crippen LogP contribution < -0.4 is 0 Å². The van der Waals surface area contributed by atoms with Gasteiger partial charge in [0.1, 0.15) is 0 Å². The highest BCUT2D eigenvalue weighted by Crippen LogP contribution is 2.15. The van der Waals surface area contributed by atoms with Gasteiger partial charge in [-0.2, -0.15) is 0 Å². The lowest BCUT2D eigenvalue weighted by Gasteiger charge is -2.15. The molecule has 0 spiro atoms. The molecule has 0 aliphatic rings. The number of rotatable bonds is 4. The lowest BCUT2D eigenvalue weighted by atomic mass is 9.97. The third-order valence-corrected chi connectivity index (χ3v) is 1.73. The first-order valence-corrected chi connectivity index (χ1v) is 4.20. The maximum atomic E-state index is 9.58. The molecule has 0 fully saturated rings. The Kier molecular flexibility index (Phi) is 4.93. The van der Waals surface area contributed by atoms with Gasteiger partial charge in [-0.15, -0.1) is 5.73 Å². The van der Waals surface area contributed by atoms with Crippen LogP contribution >= 0.6 is 0 Å². The third kappa shape index (κ3) is 3.41. The molecule has 1 heteroatoms. The van der Waals surface area contributed by atoms with Crippen LogP contribution in [0.25, 0.3) is 0 Å².